The molecule has 8 heteroatoms. The molecule has 0 radical (unpaired) electrons. The number of para-hydroxylation sites is 1. The van der Waals surface area contributed by atoms with Crippen LogP contribution in [0.2, 0.25) is 0 Å². The zero-order valence-corrected chi connectivity index (χ0v) is 18.9. The van der Waals surface area contributed by atoms with Crippen LogP contribution in [0.5, 0.6) is 11.5 Å². The van der Waals surface area contributed by atoms with Gasteiger partial charge in [-0.3, -0.25) is 4.79 Å². The van der Waals surface area contributed by atoms with Crippen LogP contribution in [0.1, 0.15) is 27.2 Å². The van der Waals surface area contributed by atoms with E-state index < -0.39 is 5.54 Å². The van der Waals surface area contributed by atoms with Gasteiger partial charge in [0.2, 0.25) is 5.91 Å². The van der Waals surface area contributed by atoms with Crippen LogP contribution >= 0.6 is 0 Å². The number of ether oxygens (including phenoxy) is 1. The molecule has 2 heterocycles. The summed E-state index contributed by atoms with van der Waals surface area (Å²) < 4.78 is 7.56. The Morgan fingerprint density at radius 2 is 1.76 bits per heavy atom. The largest absolute Gasteiger partial charge is 0.457 e. The minimum Gasteiger partial charge on any atom is -0.457 e. The summed E-state index contributed by atoms with van der Waals surface area (Å²) >= 11 is 0. The fourth-order valence-electron chi connectivity index (χ4n) is 3.73. The second kappa shape index (κ2) is 8.91. The Balaban J connectivity index is 1.81. The van der Waals surface area contributed by atoms with Gasteiger partial charge in [0.25, 0.3) is 0 Å². The average Bonchev–Trinajstić information content (AvgIpc) is 3.20. The van der Waals surface area contributed by atoms with Crippen LogP contribution in [-0.4, -0.2) is 37.8 Å². The van der Waals surface area contributed by atoms with Crippen molar-refractivity contribution in [1.29, 1.82) is 0 Å². The number of benzene rings is 2. The zero-order valence-electron chi connectivity index (χ0n) is 18.9. The maximum Gasteiger partial charge on any atom is 0.241 e. The molecular formula is C25H27N5O3. The van der Waals surface area contributed by atoms with Gasteiger partial charge >= 0.3 is 0 Å². The number of hydrogen-bond donors (Lipinski definition) is 2. The number of nitrogens with zero attached hydrogens (tertiary/aromatic N) is 4. The van der Waals surface area contributed by atoms with Crippen molar-refractivity contribution in [2.24, 2.45) is 0 Å². The van der Waals surface area contributed by atoms with E-state index in [1.165, 1.54) is 11.3 Å². The minimum atomic E-state index is -0.858. The SMILES string of the molecule is CCC(=O)N(n1cc(-c2ccc(Oc3ccccc3)cc2)c2c(N)ncnc21)C(C)(C)CO. The molecule has 33 heavy (non-hydrogen) atoms. The van der Waals surface area contributed by atoms with Gasteiger partial charge in [-0.15, -0.1) is 0 Å². The summed E-state index contributed by atoms with van der Waals surface area (Å²) in [5.74, 6) is 1.60. The smallest absolute Gasteiger partial charge is 0.241 e. The second-order valence-corrected chi connectivity index (χ2v) is 8.31. The Bertz CT molecular complexity index is 1270. The Morgan fingerprint density at radius 1 is 1.09 bits per heavy atom. The van der Waals surface area contributed by atoms with E-state index in [-0.39, 0.29) is 18.9 Å². The normalized spacial score (nSPS) is 11.5. The molecule has 170 valence electrons. The number of rotatable bonds is 7. The number of anilines is 1. The number of aromatic nitrogens is 3. The van der Waals surface area contributed by atoms with Gasteiger partial charge < -0.3 is 15.6 Å². The third-order valence-electron chi connectivity index (χ3n) is 5.45. The molecule has 0 aliphatic carbocycles. The van der Waals surface area contributed by atoms with Gasteiger partial charge in [-0.1, -0.05) is 37.3 Å². The van der Waals surface area contributed by atoms with Gasteiger partial charge in [-0.2, -0.15) is 0 Å². The van der Waals surface area contributed by atoms with Crippen LogP contribution in [-0.2, 0) is 4.79 Å². The Hall–Kier alpha value is -3.91. The summed E-state index contributed by atoms with van der Waals surface area (Å²) in [6, 6.07) is 17.1. The molecule has 4 rings (SSSR count). The van der Waals surface area contributed by atoms with Crippen LogP contribution < -0.4 is 15.5 Å². The van der Waals surface area contributed by atoms with Crippen LogP contribution in [0.4, 0.5) is 5.82 Å². The first kappa shape index (κ1) is 22.3. The maximum absolute atomic E-state index is 12.9. The van der Waals surface area contributed by atoms with E-state index in [9.17, 15) is 9.90 Å². The van der Waals surface area contributed by atoms with Gasteiger partial charge in [-0.25, -0.2) is 19.7 Å². The topological polar surface area (TPSA) is 106 Å². The molecule has 2 aromatic heterocycles. The summed E-state index contributed by atoms with van der Waals surface area (Å²) in [5, 5.41) is 12.2. The highest BCUT2D eigenvalue weighted by Crippen LogP contribution is 2.35. The third-order valence-corrected chi connectivity index (χ3v) is 5.45. The molecule has 0 aliphatic heterocycles. The first-order valence-corrected chi connectivity index (χ1v) is 10.7. The first-order chi connectivity index (χ1) is 15.9. The summed E-state index contributed by atoms with van der Waals surface area (Å²) in [6.07, 6.45) is 3.45. The molecule has 0 bridgehead atoms. The van der Waals surface area contributed by atoms with Gasteiger partial charge in [0.1, 0.15) is 23.6 Å². The molecule has 0 saturated carbocycles. The number of carbonyl (C=O) groups excluding carboxylic acids is 1. The molecule has 8 nitrogen and oxygen atoms in total. The highest BCUT2D eigenvalue weighted by Gasteiger charge is 2.33. The van der Waals surface area contributed by atoms with E-state index >= 15 is 0 Å². The predicted molar refractivity (Wildman–Crippen MR) is 129 cm³/mol. The van der Waals surface area contributed by atoms with Gasteiger partial charge in [0, 0.05) is 18.2 Å². The highest BCUT2D eigenvalue weighted by molar-refractivity contribution is 6.02. The molecule has 2 aromatic carbocycles. The van der Waals surface area contributed by atoms with Crippen LogP contribution in [0.3, 0.4) is 0 Å². The number of aliphatic hydroxyl groups excluding tert-OH is 1. The number of carbonyl (C=O) groups is 1. The lowest BCUT2D eigenvalue weighted by atomic mass is 10.1. The fourth-order valence-corrected chi connectivity index (χ4v) is 3.73. The van der Waals surface area contributed by atoms with Gasteiger partial charge in [-0.05, 0) is 43.7 Å². The van der Waals surface area contributed by atoms with Crippen LogP contribution in [0, 0.1) is 0 Å². The Kier molecular flexibility index (Phi) is 6.02. The highest BCUT2D eigenvalue weighted by atomic mass is 16.5. The average molecular weight is 446 g/mol. The van der Waals surface area contributed by atoms with E-state index in [1.807, 2.05) is 60.8 Å². The monoisotopic (exact) mass is 445 g/mol. The van der Waals surface area contributed by atoms with Gasteiger partial charge in [0.05, 0.1) is 17.5 Å². The van der Waals surface area contributed by atoms with Crippen molar-refractivity contribution in [2.45, 2.75) is 32.7 Å². The zero-order chi connectivity index (χ0) is 23.6. The quantitative estimate of drug-likeness (QED) is 0.443. The van der Waals surface area contributed by atoms with Crippen LogP contribution in [0.15, 0.2) is 67.1 Å². The molecule has 1 amide bonds. The minimum absolute atomic E-state index is 0.152. The summed E-state index contributed by atoms with van der Waals surface area (Å²) in [5.41, 5.74) is 7.52. The first-order valence-electron chi connectivity index (χ1n) is 10.7. The lowest BCUT2D eigenvalue weighted by Gasteiger charge is -2.37. The summed E-state index contributed by atoms with van der Waals surface area (Å²) in [6.45, 7) is 5.16. The number of hydrogen-bond acceptors (Lipinski definition) is 6. The number of fused-ring (bicyclic) bond motifs is 1. The Labute approximate surface area is 192 Å². The van der Waals surface area contributed by atoms with Crippen molar-refractivity contribution in [3.05, 3.63) is 67.1 Å². The van der Waals surface area contributed by atoms with Crippen molar-refractivity contribution in [3.8, 4) is 22.6 Å². The second-order valence-electron chi connectivity index (χ2n) is 8.31. The van der Waals surface area contributed by atoms with Crippen molar-refractivity contribution in [3.63, 3.8) is 0 Å². The lowest BCUT2D eigenvalue weighted by molar-refractivity contribution is -0.121. The molecule has 0 atom stereocenters. The summed E-state index contributed by atoms with van der Waals surface area (Å²) in [7, 11) is 0. The van der Waals surface area contributed by atoms with Gasteiger partial charge in [0.15, 0.2) is 5.65 Å². The van der Waals surface area contributed by atoms with E-state index in [1.54, 1.807) is 25.4 Å². The number of nitrogens with two attached hydrogens (primary N) is 1. The molecule has 0 saturated heterocycles. The molecular weight excluding hydrogens is 418 g/mol. The standard InChI is InChI=1S/C25H27N5O3/c1-4-21(32)30(25(2,3)15-31)29-14-20(22-23(26)27-16-28-24(22)29)17-10-12-19(13-11-17)33-18-8-6-5-7-9-18/h5-14,16,31H,4,15H2,1-3H3,(H2,26,27,28). The maximum atomic E-state index is 12.9. The van der Waals surface area contributed by atoms with Crippen molar-refractivity contribution in [1.82, 2.24) is 14.6 Å². The van der Waals surface area contributed by atoms with E-state index in [0.29, 0.717) is 22.6 Å². The molecule has 0 unspecified atom stereocenters. The fraction of sp³-hybridized carbons (Fsp3) is 0.240. The molecule has 4 aromatic rings. The predicted octanol–water partition coefficient (Wildman–Crippen LogP) is 4.12. The van der Waals surface area contributed by atoms with Crippen molar-refractivity contribution in [2.75, 3.05) is 17.3 Å². The molecule has 0 spiro atoms. The number of aliphatic hydroxyl groups is 1. The molecule has 0 aliphatic rings. The lowest BCUT2D eigenvalue weighted by Crippen LogP contribution is -2.56. The van der Waals surface area contributed by atoms with Crippen LogP contribution in [0.25, 0.3) is 22.2 Å². The number of amides is 1. The van der Waals surface area contributed by atoms with Crippen molar-refractivity contribution >= 4 is 22.8 Å². The van der Waals surface area contributed by atoms with E-state index in [4.69, 9.17) is 10.5 Å². The van der Waals surface area contributed by atoms with Crippen molar-refractivity contribution < 1.29 is 14.6 Å². The van der Waals surface area contributed by atoms with E-state index in [2.05, 4.69) is 9.97 Å². The third kappa shape index (κ3) is 4.25. The molecule has 0 fully saturated rings. The summed E-state index contributed by atoms with van der Waals surface area (Å²) in [4.78, 5) is 21.5. The Morgan fingerprint density at radius 3 is 2.39 bits per heavy atom. The molecule has 3 N–H and O–H groups in total. The number of nitrogen functional groups attached to an aromatic ring is 1. The van der Waals surface area contributed by atoms with E-state index in [0.717, 1.165) is 16.9 Å².